The van der Waals surface area contributed by atoms with Crippen molar-refractivity contribution in [3.63, 3.8) is 0 Å². The fourth-order valence-corrected chi connectivity index (χ4v) is 4.07. The van der Waals surface area contributed by atoms with Crippen LogP contribution in [0.15, 0.2) is 16.1 Å². The van der Waals surface area contributed by atoms with E-state index in [1.807, 2.05) is 4.90 Å². The Morgan fingerprint density at radius 3 is 2.87 bits per heavy atom. The van der Waals surface area contributed by atoms with Gasteiger partial charge in [0.15, 0.2) is 10.8 Å². The minimum Gasteiger partial charge on any atom is -0.343 e. The number of carbonyl (C=O) groups excluding carboxylic acids is 1. The number of aromatic nitrogens is 4. The zero-order valence-electron chi connectivity index (χ0n) is 13.4. The smallest absolute Gasteiger partial charge is 0.265 e. The first-order valence-electron chi connectivity index (χ1n) is 8.01. The Morgan fingerprint density at radius 2 is 2.17 bits per heavy atom. The molecule has 0 fully saturated rings. The highest BCUT2D eigenvalue weighted by Crippen LogP contribution is 2.33. The SMILES string of the molecule is CCCN(CCC)C(=O)CC1CSc2nc3[nH]ncc3c(=O)n21. The molecule has 1 amide bonds. The maximum atomic E-state index is 12.6. The summed E-state index contributed by atoms with van der Waals surface area (Å²) in [5.74, 6) is 0.825. The fraction of sp³-hybridized carbons (Fsp3) is 0.600. The van der Waals surface area contributed by atoms with Crippen molar-refractivity contribution in [1.82, 2.24) is 24.6 Å². The van der Waals surface area contributed by atoms with Gasteiger partial charge in [0.25, 0.3) is 5.56 Å². The summed E-state index contributed by atoms with van der Waals surface area (Å²) < 4.78 is 1.66. The van der Waals surface area contributed by atoms with Crippen LogP contribution in [0, 0.1) is 0 Å². The van der Waals surface area contributed by atoms with Crippen LogP contribution in [0.4, 0.5) is 0 Å². The van der Waals surface area contributed by atoms with Crippen molar-refractivity contribution >= 4 is 28.7 Å². The van der Waals surface area contributed by atoms with Crippen molar-refractivity contribution in [2.45, 2.75) is 44.3 Å². The molecule has 1 N–H and O–H groups in total. The van der Waals surface area contributed by atoms with E-state index in [4.69, 9.17) is 0 Å². The van der Waals surface area contributed by atoms with Crippen LogP contribution in [0.1, 0.15) is 39.2 Å². The Kier molecular flexibility index (Phi) is 4.70. The molecule has 1 aliphatic heterocycles. The molecule has 8 heteroatoms. The molecule has 124 valence electrons. The summed E-state index contributed by atoms with van der Waals surface area (Å²) in [4.78, 5) is 31.5. The van der Waals surface area contributed by atoms with E-state index in [0.717, 1.165) is 25.9 Å². The molecule has 1 unspecified atom stereocenters. The lowest BCUT2D eigenvalue weighted by atomic mass is 10.2. The number of thioether (sulfide) groups is 1. The molecule has 0 radical (unpaired) electrons. The van der Waals surface area contributed by atoms with E-state index in [9.17, 15) is 9.59 Å². The number of hydrogen-bond donors (Lipinski definition) is 1. The molecule has 2 aromatic rings. The average Bonchev–Trinajstić information content (AvgIpc) is 3.15. The molecule has 3 rings (SSSR count). The van der Waals surface area contributed by atoms with Crippen LogP contribution in [-0.2, 0) is 4.79 Å². The van der Waals surface area contributed by atoms with Gasteiger partial charge in [0.1, 0.15) is 5.39 Å². The first kappa shape index (κ1) is 16.0. The van der Waals surface area contributed by atoms with Crippen LogP contribution < -0.4 is 5.56 Å². The summed E-state index contributed by atoms with van der Waals surface area (Å²) in [6.45, 7) is 5.68. The van der Waals surface area contributed by atoms with E-state index in [-0.39, 0.29) is 17.5 Å². The van der Waals surface area contributed by atoms with Crippen LogP contribution in [0.25, 0.3) is 11.0 Å². The van der Waals surface area contributed by atoms with E-state index < -0.39 is 0 Å². The molecule has 0 spiro atoms. The van der Waals surface area contributed by atoms with Gasteiger partial charge >= 0.3 is 0 Å². The predicted molar refractivity (Wildman–Crippen MR) is 89.7 cm³/mol. The van der Waals surface area contributed by atoms with Gasteiger partial charge in [0.2, 0.25) is 5.91 Å². The minimum atomic E-state index is -0.127. The second kappa shape index (κ2) is 6.74. The summed E-state index contributed by atoms with van der Waals surface area (Å²) in [6, 6.07) is -0.127. The monoisotopic (exact) mass is 335 g/mol. The normalized spacial score (nSPS) is 16.7. The lowest BCUT2D eigenvalue weighted by molar-refractivity contribution is -0.132. The van der Waals surface area contributed by atoms with E-state index in [2.05, 4.69) is 29.0 Å². The molecule has 0 saturated carbocycles. The van der Waals surface area contributed by atoms with Gasteiger partial charge in [0.05, 0.1) is 12.2 Å². The van der Waals surface area contributed by atoms with Crippen molar-refractivity contribution in [2.24, 2.45) is 0 Å². The third-order valence-corrected chi connectivity index (χ3v) is 5.10. The van der Waals surface area contributed by atoms with Gasteiger partial charge in [-0.3, -0.25) is 19.3 Å². The number of nitrogens with zero attached hydrogens (tertiary/aromatic N) is 4. The van der Waals surface area contributed by atoms with Crippen molar-refractivity contribution in [1.29, 1.82) is 0 Å². The highest BCUT2D eigenvalue weighted by molar-refractivity contribution is 7.99. The van der Waals surface area contributed by atoms with Gasteiger partial charge in [-0.15, -0.1) is 0 Å². The number of carbonyl (C=O) groups is 1. The zero-order chi connectivity index (χ0) is 16.4. The maximum Gasteiger partial charge on any atom is 0.265 e. The number of nitrogens with one attached hydrogen (secondary N) is 1. The number of amides is 1. The van der Waals surface area contributed by atoms with Crippen molar-refractivity contribution < 1.29 is 4.79 Å². The van der Waals surface area contributed by atoms with Crippen LogP contribution >= 0.6 is 11.8 Å². The van der Waals surface area contributed by atoms with Gasteiger partial charge in [-0.25, -0.2) is 4.98 Å². The fourth-order valence-electron chi connectivity index (χ4n) is 2.94. The molecule has 3 heterocycles. The third-order valence-electron chi connectivity index (χ3n) is 4.00. The zero-order valence-corrected chi connectivity index (χ0v) is 14.2. The van der Waals surface area contributed by atoms with Crippen LogP contribution in [0.3, 0.4) is 0 Å². The number of aromatic amines is 1. The summed E-state index contributed by atoms with van der Waals surface area (Å²) in [7, 11) is 0. The van der Waals surface area contributed by atoms with Gasteiger partial charge < -0.3 is 4.90 Å². The second-order valence-electron chi connectivity index (χ2n) is 5.75. The maximum absolute atomic E-state index is 12.6. The molecule has 23 heavy (non-hydrogen) atoms. The number of rotatable bonds is 6. The van der Waals surface area contributed by atoms with E-state index in [1.54, 1.807) is 4.57 Å². The van der Waals surface area contributed by atoms with Gasteiger partial charge in [-0.05, 0) is 12.8 Å². The highest BCUT2D eigenvalue weighted by Gasteiger charge is 2.30. The number of hydrogen-bond acceptors (Lipinski definition) is 5. The van der Waals surface area contributed by atoms with Crippen LogP contribution in [0.5, 0.6) is 0 Å². The second-order valence-corrected chi connectivity index (χ2v) is 6.74. The van der Waals surface area contributed by atoms with E-state index in [1.165, 1.54) is 18.0 Å². The Hall–Kier alpha value is -1.83. The van der Waals surface area contributed by atoms with Crippen molar-refractivity contribution in [3.05, 3.63) is 16.6 Å². The van der Waals surface area contributed by atoms with Crippen molar-refractivity contribution in [3.8, 4) is 0 Å². The summed E-state index contributed by atoms with van der Waals surface area (Å²) in [6.07, 6.45) is 3.74. The van der Waals surface area contributed by atoms with Gasteiger partial charge in [0, 0.05) is 25.3 Å². The summed E-state index contributed by atoms with van der Waals surface area (Å²) in [5.41, 5.74) is 0.401. The molecule has 0 aromatic carbocycles. The van der Waals surface area contributed by atoms with E-state index in [0.29, 0.717) is 28.4 Å². The molecular formula is C15H21N5O2S. The standard InChI is InChI=1S/C15H21N5O2S/c1-3-5-19(6-4-2)12(21)7-10-9-23-15-17-13-11(8-16-18-13)14(22)20(10)15/h8,10H,3-7,9H2,1-2H3,(H,16,18). The number of fused-ring (bicyclic) bond motifs is 2. The third kappa shape index (κ3) is 2.99. The minimum absolute atomic E-state index is 0.112. The molecule has 7 nitrogen and oxygen atoms in total. The average molecular weight is 335 g/mol. The molecule has 1 atom stereocenters. The van der Waals surface area contributed by atoms with E-state index >= 15 is 0 Å². The molecule has 0 aliphatic carbocycles. The van der Waals surface area contributed by atoms with Gasteiger partial charge in [-0.2, -0.15) is 5.10 Å². The van der Waals surface area contributed by atoms with Crippen LogP contribution in [-0.4, -0.2) is 49.4 Å². The molecular weight excluding hydrogens is 314 g/mol. The molecule has 2 aromatic heterocycles. The Morgan fingerprint density at radius 1 is 1.43 bits per heavy atom. The Labute approximate surface area is 138 Å². The van der Waals surface area contributed by atoms with Gasteiger partial charge in [-0.1, -0.05) is 25.6 Å². The quantitative estimate of drug-likeness (QED) is 0.814. The topological polar surface area (TPSA) is 83.9 Å². The van der Waals surface area contributed by atoms with Crippen LogP contribution in [0.2, 0.25) is 0 Å². The summed E-state index contributed by atoms with van der Waals surface area (Å²) >= 11 is 1.52. The largest absolute Gasteiger partial charge is 0.343 e. The number of H-pyrrole nitrogens is 1. The molecule has 1 aliphatic rings. The highest BCUT2D eigenvalue weighted by atomic mass is 32.2. The Balaban J connectivity index is 1.84. The lowest BCUT2D eigenvalue weighted by Crippen LogP contribution is -2.35. The first-order chi connectivity index (χ1) is 11.2. The Bertz CT molecular complexity index is 763. The molecule has 0 saturated heterocycles. The van der Waals surface area contributed by atoms with Crippen molar-refractivity contribution in [2.75, 3.05) is 18.8 Å². The first-order valence-corrected chi connectivity index (χ1v) is 9.00. The summed E-state index contributed by atoms with van der Waals surface area (Å²) in [5, 5.41) is 7.76. The lowest BCUT2D eigenvalue weighted by Gasteiger charge is -2.23. The molecule has 0 bridgehead atoms. The predicted octanol–water partition coefficient (Wildman–Crippen LogP) is 1.81.